The zero-order valence-electron chi connectivity index (χ0n) is 9.22. The Morgan fingerprint density at radius 1 is 1.50 bits per heavy atom. The van der Waals surface area contributed by atoms with Crippen molar-refractivity contribution in [3.05, 3.63) is 12.2 Å². The van der Waals surface area contributed by atoms with Crippen molar-refractivity contribution in [1.29, 1.82) is 5.41 Å². The Hall–Kier alpha value is -1.12. The largest absolute Gasteiger partial charge is 0.461 e. The minimum absolute atomic E-state index is 0.0396. The van der Waals surface area contributed by atoms with Crippen molar-refractivity contribution in [2.24, 2.45) is 5.41 Å². The molecule has 3 heteroatoms. The van der Waals surface area contributed by atoms with E-state index >= 15 is 0 Å². The van der Waals surface area contributed by atoms with E-state index in [9.17, 15) is 4.79 Å². The summed E-state index contributed by atoms with van der Waals surface area (Å²) >= 11 is 0. The molecule has 0 saturated carbocycles. The van der Waals surface area contributed by atoms with Gasteiger partial charge in [-0.05, 0) is 12.8 Å². The Kier molecular flexibility index (Phi) is 5.13. The van der Waals surface area contributed by atoms with Crippen LogP contribution in [-0.2, 0) is 9.53 Å². The fourth-order valence-corrected chi connectivity index (χ4v) is 0.846. The van der Waals surface area contributed by atoms with Crippen molar-refractivity contribution in [3.63, 3.8) is 0 Å². The third-order valence-electron chi connectivity index (χ3n) is 2.70. The molecule has 0 radical (unpaired) electrons. The van der Waals surface area contributed by atoms with Crippen molar-refractivity contribution in [3.8, 4) is 0 Å². The Labute approximate surface area is 85.7 Å². The molecule has 0 fully saturated rings. The van der Waals surface area contributed by atoms with Crippen molar-refractivity contribution >= 4 is 12.2 Å². The van der Waals surface area contributed by atoms with Crippen LogP contribution in [0.3, 0.4) is 0 Å². The molecule has 0 aliphatic rings. The van der Waals surface area contributed by atoms with Crippen LogP contribution in [0.4, 0.5) is 0 Å². The first kappa shape index (κ1) is 12.9. The number of hydrogen-bond acceptors (Lipinski definition) is 3. The first-order chi connectivity index (χ1) is 6.49. The van der Waals surface area contributed by atoms with Crippen LogP contribution in [0.25, 0.3) is 0 Å². The molecule has 0 heterocycles. The number of hydrogen-bond donors (Lipinski definition) is 1. The van der Waals surface area contributed by atoms with E-state index in [1.54, 1.807) is 0 Å². The van der Waals surface area contributed by atoms with Crippen LogP contribution in [-0.4, -0.2) is 18.8 Å². The molecule has 0 aromatic carbocycles. The second kappa shape index (κ2) is 5.58. The molecule has 0 spiro atoms. The fourth-order valence-electron chi connectivity index (χ4n) is 0.846. The number of carbonyl (C=O) groups is 1. The summed E-state index contributed by atoms with van der Waals surface area (Å²) in [5.74, 6) is -0.492. The highest BCUT2D eigenvalue weighted by Gasteiger charge is 2.22. The topological polar surface area (TPSA) is 50.2 Å². The standard InChI is InChI=1S/C11H19NO2/c1-5-11(4,6-2)8-14-10(13)9(3)7-12/h7,12H,3,5-6,8H2,1-2,4H3. The molecule has 0 bridgehead atoms. The number of esters is 1. The molecule has 0 rings (SSSR count). The molecular weight excluding hydrogens is 178 g/mol. The van der Waals surface area contributed by atoms with E-state index in [1.165, 1.54) is 0 Å². The molecule has 0 saturated heterocycles. The summed E-state index contributed by atoms with van der Waals surface area (Å²) in [7, 11) is 0. The predicted molar refractivity (Wildman–Crippen MR) is 57.6 cm³/mol. The van der Waals surface area contributed by atoms with E-state index in [-0.39, 0.29) is 11.0 Å². The van der Waals surface area contributed by atoms with Crippen molar-refractivity contribution in [1.82, 2.24) is 0 Å². The van der Waals surface area contributed by atoms with Crippen LogP contribution >= 0.6 is 0 Å². The van der Waals surface area contributed by atoms with Crippen LogP contribution in [0.15, 0.2) is 12.2 Å². The van der Waals surface area contributed by atoms with Gasteiger partial charge in [-0.1, -0.05) is 27.4 Å². The zero-order chi connectivity index (χ0) is 11.2. The minimum atomic E-state index is -0.492. The van der Waals surface area contributed by atoms with Crippen molar-refractivity contribution < 1.29 is 9.53 Å². The molecular formula is C11H19NO2. The van der Waals surface area contributed by atoms with Crippen molar-refractivity contribution in [2.75, 3.05) is 6.61 Å². The quantitative estimate of drug-likeness (QED) is 0.404. The molecule has 0 atom stereocenters. The minimum Gasteiger partial charge on any atom is -0.461 e. The van der Waals surface area contributed by atoms with Crippen LogP contribution < -0.4 is 0 Å². The summed E-state index contributed by atoms with van der Waals surface area (Å²) in [6, 6.07) is 0. The SMILES string of the molecule is C=C(C=N)C(=O)OCC(C)(CC)CC. The van der Waals surface area contributed by atoms with Crippen LogP contribution in [0.1, 0.15) is 33.6 Å². The predicted octanol–water partition coefficient (Wildman–Crippen LogP) is 2.56. The average molecular weight is 197 g/mol. The lowest BCUT2D eigenvalue weighted by molar-refractivity contribution is -0.141. The second-order valence-electron chi connectivity index (χ2n) is 3.76. The first-order valence-corrected chi connectivity index (χ1v) is 4.85. The van der Waals surface area contributed by atoms with Gasteiger partial charge >= 0.3 is 5.97 Å². The molecule has 3 nitrogen and oxygen atoms in total. The van der Waals surface area contributed by atoms with Gasteiger partial charge in [-0.3, -0.25) is 0 Å². The van der Waals surface area contributed by atoms with E-state index < -0.39 is 5.97 Å². The summed E-state index contributed by atoms with van der Waals surface area (Å²) in [6.07, 6.45) is 2.85. The van der Waals surface area contributed by atoms with Crippen LogP contribution in [0, 0.1) is 10.8 Å². The third-order valence-corrected chi connectivity index (χ3v) is 2.70. The number of ether oxygens (including phenoxy) is 1. The Morgan fingerprint density at radius 2 is 2.00 bits per heavy atom. The number of nitrogens with one attached hydrogen (secondary N) is 1. The fraction of sp³-hybridized carbons (Fsp3) is 0.636. The van der Waals surface area contributed by atoms with Gasteiger partial charge in [0.05, 0.1) is 12.2 Å². The van der Waals surface area contributed by atoms with Gasteiger partial charge in [0.1, 0.15) is 0 Å². The zero-order valence-corrected chi connectivity index (χ0v) is 9.22. The summed E-state index contributed by atoms with van der Waals surface area (Å²) < 4.78 is 5.05. The van der Waals surface area contributed by atoms with E-state index in [0.29, 0.717) is 6.61 Å². The van der Waals surface area contributed by atoms with Crippen LogP contribution in [0.2, 0.25) is 0 Å². The molecule has 0 amide bonds. The summed E-state index contributed by atoms with van der Waals surface area (Å²) in [5.41, 5.74) is 0.136. The molecule has 14 heavy (non-hydrogen) atoms. The highest BCUT2D eigenvalue weighted by Crippen LogP contribution is 2.25. The lowest BCUT2D eigenvalue weighted by Crippen LogP contribution is -2.24. The molecule has 0 unspecified atom stereocenters. The maximum absolute atomic E-state index is 11.2. The van der Waals surface area contributed by atoms with E-state index in [2.05, 4.69) is 27.4 Å². The smallest absolute Gasteiger partial charge is 0.339 e. The molecule has 0 aromatic rings. The number of carbonyl (C=O) groups excluding carboxylic acids is 1. The highest BCUT2D eigenvalue weighted by molar-refractivity contribution is 6.07. The van der Waals surface area contributed by atoms with E-state index in [0.717, 1.165) is 19.1 Å². The van der Waals surface area contributed by atoms with E-state index in [1.807, 2.05) is 0 Å². The lowest BCUT2D eigenvalue weighted by atomic mass is 9.86. The van der Waals surface area contributed by atoms with Gasteiger partial charge in [0.15, 0.2) is 0 Å². The van der Waals surface area contributed by atoms with Gasteiger partial charge in [-0.15, -0.1) is 0 Å². The summed E-state index contributed by atoms with van der Waals surface area (Å²) in [4.78, 5) is 11.2. The van der Waals surface area contributed by atoms with Gasteiger partial charge in [0.2, 0.25) is 0 Å². The Morgan fingerprint density at radius 3 is 2.36 bits per heavy atom. The highest BCUT2D eigenvalue weighted by atomic mass is 16.5. The lowest BCUT2D eigenvalue weighted by Gasteiger charge is -2.25. The van der Waals surface area contributed by atoms with Gasteiger partial charge in [-0.25, -0.2) is 4.79 Å². The number of rotatable bonds is 6. The monoisotopic (exact) mass is 197 g/mol. The van der Waals surface area contributed by atoms with Crippen LogP contribution in [0.5, 0.6) is 0 Å². The summed E-state index contributed by atoms with van der Waals surface area (Å²) in [5, 5.41) is 6.84. The first-order valence-electron chi connectivity index (χ1n) is 4.85. The average Bonchev–Trinajstić information content (AvgIpc) is 2.24. The molecule has 1 N–H and O–H groups in total. The Balaban J connectivity index is 4.10. The molecule has 0 aromatic heterocycles. The normalized spacial score (nSPS) is 10.8. The second-order valence-corrected chi connectivity index (χ2v) is 3.76. The third kappa shape index (κ3) is 3.73. The molecule has 80 valence electrons. The van der Waals surface area contributed by atoms with Gasteiger partial charge in [0.25, 0.3) is 0 Å². The Bertz CT molecular complexity index is 229. The molecule has 0 aliphatic heterocycles. The van der Waals surface area contributed by atoms with Gasteiger partial charge < -0.3 is 10.1 Å². The molecule has 0 aliphatic carbocycles. The maximum atomic E-state index is 11.2. The van der Waals surface area contributed by atoms with Gasteiger partial charge in [-0.2, -0.15) is 0 Å². The maximum Gasteiger partial charge on any atom is 0.339 e. The van der Waals surface area contributed by atoms with E-state index in [4.69, 9.17) is 10.1 Å². The van der Waals surface area contributed by atoms with Crippen molar-refractivity contribution in [2.45, 2.75) is 33.6 Å². The van der Waals surface area contributed by atoms with Gasteiger partial charge in [0, 0.05) is 11.6 Å². The summed E-state index contributed by atoms with van der Waals surface area (Å²) in [6.45, 7) is 10.0.